The highest BCUT2D eigenvalue weighted by Gasteiger charge is 2.37. The van der Waals surface area contributed by atoms with Crippen LogP contribution in [0.1, 0.15) is 15.9 Å². The molecule has 0 atom stereocenters. The summed E-state index contributed by atoms with van der Waals surface area (Å²) in [6.45, 7) is 0. The van der Waals surface area contributed by atoms with E-state index in [1.54, 1.807) is 36.4 Å². The fourth-order valence-electron chi connectivity index (χ4n) is 2.83. The number of amides is 1. The van der Waals surface area contributed by atoms with Crippen LogP contribution in [0, 0.1) is 12.0 Å². The summed E-state index contributed by atoms with van der Waals surface area (Å²) >= 11 is 0. The van der Waals surface area contributed by atoms with Gasteiger partial charge in [-0.2, -0.15) is 12.7 Å². The average Bonchev–Trinajstić information content (AvgIpc) is 3.26. The molecule has 0 spiro atoms. The predicted octanol–water partition coefficient (Wildman–Crippen LogP) is 2.65. The van der Waals surface area contributed by atoms with Gasteiger partial charge >= 0.3 is 22.2 Å². The number of carbonyl (C=O) groups excluding carboxylic acids is 1. The van der Waals surface area contributed by atoms with Crippen LogP contribution in [-0.2, 0) is 21.4 Å². The molecule has 1 aliphatic rings. The van der Waals surface area contributed by atoms with Crippen LogP contribution < -0.4 is 4.31 Å². The smallest absolute Gasteiger partial charge is 0.347 e. The Balaban J connectivity index is 1.56. The summed E-state index contributed by atoms with van der Waals surface area (Å²) in [6, 6.07) is 17.1. The summed E-state index contributed by atoms with van der Waals surface area (Å²) in [5, 5.41) is 8.93. The third-order valence-corrected chi connectivity index (χ3v) is 5.95. The van der Waals surface area contributed by atoms with Crippen molar-refractivity contribution >= 4 is 28.1 Å². The van der Waals surface area contributed by atoms with Crippen molar-refractivity contribution in [3.63, 3.8) is 0 Å². The molecule has 1 N–H and O–H groups in total. The van der Waals surface area contributed by atoms with Gasteiger partial charge in [0, 0.05) is 30.3 Å². The Morgan fingerprint density at radius 2 is 1.81 bits per heavy atom. The first-order valence-electron chi connectivity index (χ1n) is 9.25. The van der Waals surface area contributed by atoms with Crippen LogP contribution in [0.5, 0.6) is 0 Å². The van der Waals surface area contributed by atoms with Crippen molar-refractivity contribution in [1.82, 2.24) is 9.29 Å². The highest BCUT2D eigenvalue weighted by Crippen LogP contribution is 2.28. The first kappa shape index (κ1) is 20.9. The Bertz CT molecular complexity index is 1370. The maximum absolute atomic E-state index is 12.9. The number of aromatic carboxylic acids is 1. The molecule has 0 unspecified atom stereocenters. The van der Waals surface area contributed by atoms with Crippen LogP contribution >= 0.6 is 0 Å². The van der Waals surface area contributed by atoms with Crippen LogP contribution in [-0.4, -0.2) is 34.7 Å². The molecule has 0 aliphatic carbocycles. The van der Waals surface area contributed by atoms with Crippen molar-refractivity contribution < 1.29 is 27.5 Å². The molecular formula is C22H15N3O6S. The zero-order chi connectivity index (χ0) is 22.7. The average molecular weight is 449 g/mol. The predicted molar refractivity (Wildman–Crippen MR) is 114 cm³/mol. The van der Waals surface area contributed by atoms with Crippen molar-refractivity contribution in [3.05, 3.63) is 84.2 Å². The minimum Gasteiger partial charge on any atom is -0.478 e. The summed E-state index contributed by atoms with van der Waals surface area (Å²) in [5.74, 6) is 1.11. The van der Waals surface area contributed by atoms with E-state index < -0.39 is 22.1 Å². The van der Waals surface area contributed by atoms with Gasteiger partial charge in [0.25, 0.3) is 5.91 Å². The van der Waals surface area contributed by atoms with Crippen molar-refractivity contribution in [2.75, 3.05) is 4.31 Å². The fourth-order valence-corrected chi connectivity index (χ4v) is 3.97. The molecule has 0 radical (unpaired) electrons. The van der Waals surface area contributed by atoms with Gasteiger partial charge in [0.1, 0.15) is 0 Å². The first-order valence-corrected chi connectivity index (χ1v) is 10.6. The Morgan fingerprint density at radius 3 is 2.50 bits per heavy atom. The van der Waals surface area contributed by atoms with E-state index in [0.717, 1.165) is 16.6 Å². The molecule has 3 aromatic rings. The zero-order valence-electron chi connectivity index (χ0n) is 16.4. The Morgan fingerprint density at radius 1 is 1.09 bits per heavy atom. The van der Waals surface area contributed by atoms with E-state index in [2.05, 4.69) is 16.9 Å². The molecule has 1 aliphatic heterocycles. The van der Waals surface area contributed by atoms with Crippen molar-refractivity contribution in [1.29, 1.82) is 0 Å². The highest BCUT2D eigenvalue weighted by atomic mass is 32.2. The molecule has 4 rings (SSSR count). The number of carboxylic acids is 1. The number of hydrogen-bond acceptors (Lipinski definition) is 6. The molecule has 0 saturated carbocycles. The summed E-state index contributed by atoms with van der Waals surface area (Å²) in [7, 11) is -4.39. The number of carbonyl (C=O) groups is 2. The molecule has 160 valence electrons. The van der Waals surface area contributed by atoms with E-state index in [-0.39, 0.29) is 18.0 Å². The van der Waals surface area contributed by atoms with Gasteiger partial charge in [-0.3, -0.25) is 4.79 Å². The van der Waals surface area contributed by atoms with Crippen molar-refractivity contribution in [3.8, 4) is 23.3 Å². The monoisotopic (exact) mass is 449 g/mol. The third kappa shape index (κ3) is 4.10. The summed E-state index contributed by atoms with van der Waals surface area (Å²) < 4.78 is 32.6. The largest absolute Gasteiger partial charge is 0.478 e. The SMILES string of the molecule is O=C(O)c1ccc(CC#CN2C(=O)C=CN(c3ncc(-c4ccccc4)o3)S2(=O)=O)cc1. The second-order valence-electron chi connectivity index (χ2n) is 6.56. The summed E-state index contributed by atoms with van der Waals surface area (Å²) in [5.41, 5.74) is 1.50. The van der Waals surface area contributed by atoms with Gasteiger partial charge in [-0.25, -0.2) is 9.78 Å². The van der Waals surface area contributed by atoms with E-state index in [1.807, 2.05) is 6.07 Å². The summed E-state index contributed by atoms with van der Waals surface area (Å²) in [4.78, 5) is 27.1. The van der Waals surface area contributed by atoms with Crippen LogP contribution in [0.3, 0.4) is 0 Å². The van der Waals surface area contributed by atoms with E-state index in [9.17, 15) is 18.0 Å². The lowest BCUT2D eigenvalue weighted by atomic mass is 10.1. The van der Waals surface area contributed by atoms with Crippen molar-refractivity contribution in [2.45, 2.75) is 6.42 Å². The Kier molecular flexibility index (Phi) is 5.49. The number of rotatable bonds is 4. The number of hydrogen-bond donors (Lipinski definition) is 1. The molecule has 0 bridgehead atoms. The van der Waals surface area contributed by atoms with E-state index >= 15 is 0 Å². The fraction of sp³-hybridized carbons (Fsp3) is 0.0455. The standard InChI is InChI=1S/C22H15N3O6S/c26-20-12-14-25(22-23-15-19(31-22)17-6-2-1-3-7-17)32(29,30)24(20)13-4-5-16-8-10-18(11-9-16)21(27)28/h1-3,6-12,14-15H,5H2,(H,27,28). The van der Waals surface area contributed by atoms with Gasteiger partial charge in [0.15, 0.2) is 5.76 Å². The Labute approximate surface area is 183 Å². The van der Waals surface area contributed by atoms with Crippen LogP contribution in [0.25, 0.3) is 11.3 Å². The van der Waals surface area contributed by atoms with Crippen LogP contribution in [0.15, 0.2) is 77.5 Å². The molecule has 10 heteroatoms. The second-order valence-corrected chi connectivity index (χ2v) is 8.22. The number of nitrogens with zero attached hydrogens (tertiary/aromatic N) is 3. The first-order chi connectivity index (χ1) is 15.4. The molecule has 1 amide bonds. The van der Waals surface area contributed by atoms with E-state index in [1.165, 1.54) is 18.3 Å². The lowest BCUT2D eigenvalue weighted by Gasteiger charge is -2.25. The van der Waals surface area contributed by atoms with Gasteiger partial charge in [0.05, 0.1) is 11.8 Å². The molecular weight excluding hydrogens is 434 g/mol. The van der Waals surface area contributed by atoms with E-state index in [0.29, 0.717) is 21.2 Å². The number of aromatic nitrogens is 1. The molecule has 0 saturated heterocycles. The molecule has 2 aromatic carbocycles. The quantitative estimate of drug-likeness (QED) is 0.608. The lowest BCUT2D eigenvalue weighted by Crippen LogP contribution is -2.45. The van der Waals surface area contributed by atoms with Gasteiger partial charge in [0.2, 0.25) is 0 Å². The Hall–Kier alpha value is -4.36. The molecule has 1 aromatic heterocycles. The number of oxazole rings is 1. The number of carboxylic acid groups (broad SMARTS) is 1. The molecule has 2 heterocycles. The molecule has 9 nitrogen and oxygen atoms in total. The summed E-state index contributed by atoms with van der Waals surface area (Å²) in [6.07, 6.45) is 3.60. The van der Waals surface area contributed by atoms with Gasteiger partial charge in [-0.15, -0.1) is 4.31 Å². The van der Waals surface area contributed by atoms with Gasteiger partial charge in [-0.1, -0.05) is 48.4 Å². The molecule has 0 fully saturated rings. The number of benzene rings is 2. The minimum atomic E-state index is -4.39. The highest BCUT2D eigenvalue weighted by molar-refractivity contribution is 7.91. The second kappa shape index (κ2) is 8.41. The number of anilines is 1. The van der Waals surface area contributed by atoms with Crippen LogP contribution in [0.2, 0.25) is 0 Å². The zero-order valence-corrected chi connectivity index (χ0v) is 17.2. The minimum absolute atomic E-state index is 0.111. The van der Waals surface area contributed by atoms with Gasteiger partial charge in [-0.05, 0) is 17.7 Å². The van der Waals surface area contributed by atoms with Crippen LogP contribution in [0.4, 0.5) is 6.01 Å². The van der Waals surface area contributed by atoms with Crippen molar-refractivity contribution in [2.24, 2.45) is 0 Å². The molecule has 32 heavy (non-hydrogen) atoms. The lowest BCUT2D eigenvalue weighted by molar-refractivity contribution is -0.119. The maximum Gasteiger partial charge on any atom is 0.347 e. The van der Waals surface area contributed by atoms with Gasteiger partial charge < -0.3 is 9.52 Å². The maximum atomic E-state index is 12.9. The topological polar surface area (TPSA) is 121 Å². The van der Waals surface area contributed by atoms with E-state index in [4.69, 9.17) is 9.52 Å². The normalized spacial score (nSPS) is 14.7. The third-order valence-electron chi connectivity index (χ3n) is 4.45.